The number of aryl methyl sites for hydroxylation is 2. The van der Waals surface area contributed by atoms with Gasteiger partial charge in [-0.3, -0.25) is 0 Å². The third-order valence-corrected chi connectivity index (χ3v) is 4.44. The second kappa shape index (κ2) is 4.45. The molecule has 0 spiro atoms. The van der Waals surface area contributed by atoms with Crippen LogP contribution in [0.3, 0.4) is 0 Å². The summed E-state index contributed by atoms with van der Waals surface area (Å²) in [4.78, 5) is 0. The van der Waals surface area contributed by atoms with Gasteiger partial charge in [-0.2, -0.15) is 0 Å². The minimum Gasteiger partial charge on any atom is -0.385 e. The van der Waals surface area contributed by atoms with Gasteiger partial charge in [-0.1, -0.05) is 37.6 Å². The van der Waals surface area contributed by atoms with Gasteiger partial charge in [-0.15, -0.1) is 0 Å². The fourth-order valence-corrected chi connectivity index (χ4v) is 3.33. The van der Waals surface area contributed by atoms with Gasteiger partial charge in [0.05, 0.1) is 5.60 Å². The first-order valence-corrected chi connectivity index (χ1v) is 6.73. The molecule has 94 valence electrons. The molecule has 0 amide bonds. The van der Waals surface area contributed by atoms with E-state index in [1.165, 1.54) is 11.1 Å². The zero-order valence-corrected chi connectivity index (χ0v) is 11.5. The summed E-state index contributed by atoms with van der Waals surface area (Å²) in [6.45, 7) is 8.70. The first-order chi connectivity index (χ1) is 7.93. The SMILES string of the molecule is Cc1ccc(C2(O)CCC(C)CC2C)c(C)c1. The highest BCUT2D eigenvalue weighted by Crippen LogP contribution is 2.44. The van der Waals surface area contributed by atoms with Crippen LogP contribution in [0.5, 0.6) is 0 Å². The Morgan fingerprint density at radius 2 is 1.94 bits per heavy atom. The molecule has 3 unspecified atom stereocenters. The topological polar surface area (TPSA) is 20.2 Å². The highest BCUT2D eigenvalue weighted by Gasteiger charge is 2.40. The number of aliphatic hydroxyl groups is 1. The van der Waals surface area contributed by atoms with Crippen molar-refractivity contribution in [2.75, 3.05) is 0 Å². The van der Waals surface area contributed by atoms with Crippen LogP contribution >= 0.6 is 0 Å². The van der Waals surface area contributed by atoms with Crippen LogP contribution in [0, 0.1) is 25.7 Å². The van der Waals surface area contributed by atoms with E-state index in [0.29, 0.717) is 5.92 Å². The average Bonchev–Trinajstić information content (AvgIpc) is 2.24. The quantitative estimate of drug-likeness (QED) is 0.777. The van der Waals surface area contributed by atoms with Gasteiger partial charge in [0.15, 0.2) is 0 Å². The lowest BCUT2D eigenvalue weighted by molar-refractivity contribution is -0.0592. The molecule has 1 aromatic carbocycles. The normalized spacial score (nSPS) is 33.7. The van der Waals surface area contributed by atoms with Crippen LogP contribution in [0.2, 0.25) is 0 Å². The third kappa shape index (κ3) is 2.26. The lowest BCUT2D eigenvalue weighted by atomic mass is 9.68. The Balaban J connectivity index is 2.37. The van der Waals surface area contributed by atoms with Crippen LogP contribution in [0.1, 0.15) is 49.8 Å². The van der Waals surface area contributed by atoms with Crippen LogP contribution in [0.25, 0.3) is 0 Å². The summed E-state index contributed by atoms with van der Waals surface area (Å²) in [6, 6.07) is 6.42. The molecule has 1 aromatic rings. The number of hydrogen-bond donors (Lipinski definition) is 1. The maximum atomic E-state index is 11.0. The van der Waals surface area contributed by atoms with Crippen molar-refractivity contribution in [1.82, 2.24) is 0 Å². The van der Waals surface area contributed by atoms with Gasteiger partial charge in [0.2, 0.25) is 0 Å². The van der Waals surface area contributed by atoms with Crippen LogP contribution in [0.15, 0.2) is 18.2 Å². The van der Waals surface area contributed by atoms with Gasteiger partial charge in [0.25, 0.3) is 0 Å². The van der Waals surface area contributed by atoms with Crippen molar-refractivity contribution >= 4 is 0 Å². The standard InChI is InChI=1S/C16H24O/c1-11-5-6-15(13(3)9-11)16(17)8-7-12(2)10-14(16)4/h5-6,9,12,14,17H,7-8,10H2,1-4H3. The summed E-state index contributed by atoms with van der Waals surface area (Å²) in [6.07, 6.45) is 3.16. The lowest BCUT2D eigenvalue weighted by Gasteiger charge is -2.42. The minimum atomic E-state index is -0.607. The Bertz CT molecular complexity index is 410. The molecule has 17 heavy (non-hydrogen) atoms. The van der Waals surface area contributed by atoms with Crippen molar-refractivity contribution in [3.05, 3.63) is 34.9 Å². The average molecular weight is 232 g/mol. The first-order valence-electron chi connectivity index (χ1n) is 6.73. The molecule has 1 aliphatic carbocycles. The lowest BCUT2D eigenvalue weighted by Crippen LogP contribution is -2.39. The van der Waals surface area contributed by atoms with Crippen LogP contribution < -0.4 is 0 Å². The van der Waals surface area contributed by atoms with Crippen molar-refractivity contribution in [2.24, 2.45) is 11.8 Å². The first kappa shape index (κ1) is 12.6. The van der Waals surface area contributed by atoms with E-state index in [-0.39, 0.29) is 0 Å². The molecule has 2 rings (SSSR count). The Morgan fingerprint density at radius 1 is 1.24 bits per heavy atom. The van der Waals surface area contributed by atoms with E-state index in [2.05, 4.69) is 45.9 Å². The van der Waals surface area contributed by atoms with Crippen molar-refractivity contribution in [1.29, 1.82) is 0 Å². The Hall–Kier alpha value is -0.820. The van der Waals surface area contributed by atoms with Crippen LogP contribution in [-0.4, -0.2) is 5.11 Å². The van der Waals surface area contributed by atoms with Crippen molar-refractivity contribution < 1.29 is 5.11 Å². The van der Waals surface area contributed by atoms with Crippen LogP contribution in [-0.2, 0) is 5.60 Å². The molecule has 0 bridgehead atoms. The van der Waals surface area contributed by atoms with Gasteiger partial charge < -0.3 is 5.11 Å². The van der Waals surface area contributed by atoms with Crippen molar-refractivity contribution in [3.8, 4) is 0 Å². The fraction of sp³-hybridized carbons (Fsp3) is 0.625. The van der Waals surface area contributed by atoms with E-state index in [9.17, 15) is 5.11 Å². The van der Waals surface area contributed by atoms with E-state index >= 15 is 0 Å². The summed E-state index contributed by atoms with van der Waals surface area (Å²) in [5, 5.41) is 11.0. The molecule has 1 aliphatic rings. The molecule has 0 aromatic heterocycles. The van der Waals surface area contributed by atoms with E-state index in [0.717, 1.165) is 30.7 Å². The number of hydrogen-bond acceptors (Lipinski definition) is 1. The molecular weight excluding hydrogens is 208 g/mol. The molecule has 0 saturated heterocycles. The molecule has 0 radical (unpaired) electrons. The maximum Gasteiger partial charge on any atom is 0.0924 e. The molecule has 0 aliphatic heterocycles. The molecule has 0 heterocycles. The number of rotatable bonds is 1. The zero-order valence-electron chi connectivity index (χ0n) is 11.5. The third-order valence-electron chi connectivity index (χ3n) is 4.44. The second-order valence-electron chi connectivity index (χ2n) is 6.02. The highest BCUT2D eigenvalue weighted by atomic mass is 16.3. The van der Waals surface area contributed by atoms with Gasteiger partial charge >= 0.3 is 0 Å². The van der Waals surface area contributed by atoms with Gasteiger partial charge in [-0.25, -0.2) is 0 Å². The van der Waals surface area contributed by atoms with E-state index < -0.39 is 5.60 Å². The maximum absolute atomic E-state index is 11.0. The van der Waals surface area contributed by atoms with Crippen molar-refractivity contribution in [2.45, 2.75) is 52.6 Å². The van der Waals surface area contributed by atoms with Crippen molar-refractivity contribution in [3.63, 3.8) is 0 Å². The Kier molecular flexibility index (Phi) is 3.31. The van der Waals surface area contributed by atoms with Gasteiger partial charge in [0.1, 0.15) is 0 Å². The monoisotopic (exact) mass is 232 g/mol. The Morgan fingerprint density at radius 3 is 2.53 bits per heavy atom. The second-order valence-corrected chi connectivity index (χ2v) is 6.02. The zero-order chi connectivity index (χ0) is 12.6. The molecule has 1 nitrogen and oxygen atoms in total. The summed E-state index contributed by atoms with van der Waals surface area (Å²) >= 11 is 0. The summed E-state index contributed by atoms with van der Waals surface area (Å²) < 4.78 is 0. The van der Waals surface area contributed by atoms with Gasteiger partial charge in [-0.05, 0) is 56.1 Å². The molecule has 1 N–H and O–H groups in total. The summed E-state index contributed by atoms with van der Waals surface area (Å²) in [5.41, 5.74) is 3.03. The smallest absolute Gasteiger partial charge is 0.0924 e. The highest BCUT2D eigenvalue weighted by molar-refractivity contribution is 5.35. The predicted octanol–water partition coefficient (Wildman–Crippen LogP) is 3.95. The van der Waals surface area contributed by atoms with E-state index in [1.54, 1.807) is 0 Å². The number of benzene rings is 1. The fourth-order valence-electron chi connectivity index (χ4n) is 3.33. The molecular formula is C16H24O. The van der Waals surface area contributed by atoms with E-state index in [4.69, 9.17) is 0 Å². The summed E-state index contributed by atoms with van der Waals surface area (Å²) in [7, 11) is 0. The Labute approximate surface area is 105 Å². The molecule has 1 saturated carbocycles. The van der Waals surface area contributed by atoms with E-state index in [1.807, 2.05) is 0 Å². The molecule has 3 atom stereocenters. The summed E-state index contributed by atoms with van der Waals surface area (Å²) in [5.74, 6) is 1.10. The van der Waals surface area contributed by atoms with Gasteiger partial charge in [0, 0.05) is 0 Å². The molecule has 1 fully saturated rings. The largest absolute Gasteiger partial charge is 0.385 e. The minimum absolute atomic E-state index is 0.354. The van der Waals surface area contributed by atoms with Crippen LogP contribution in [0.4, 0.5) is 0 Å². The molecule has 1 heteroatoms. The predicted molar refractivity (Wildman–Crippen MR) is 72.0 cm³/mol.